The molecule has 5 nitrogen and oxygen atoms in total. The number of amides is 1. The molecule has 1 aromatic rings. The van der Waals surface area contributed by atoms with Crippen LogP contribution < -0.4 is 0 Å². The summed E-state index contributed by atoms with van der Waals surface area (Å²) in [6.45, 7) is -1.75. The van der Waals surface area contributed by atoms with Crippen molar-refractivity contribution in [3.05, 3.63) is 29.3 Å². The van der Waals surface area contributed by atoms with Gasteiger partial charge in [0.05, 0.1) is 12.3 Å². The Balaban J connectivity index is 2.37. The molecule has 0 bridgehead atoms. The second kappa shape index (κ2) is 5.86. The Hall–Kier alpha value is -2.25. The summed E-state index contributed by atoms with van der Waals surface area (Å²) in [7, 11) is 0. The van der Waals surface area contributed by atoms with Crippen LogP contribution in [0.1, 0.15) is 17.5 Å². The number of carboxylic acid groups (broad SMARTS) is 1. The summed E-state index contributed by atoms with van der Waals surface area (Å²) in [6, 6.07) is 4.17. The third kappa shape index (κ3) is 3.90. The molecule has 0 fully saturated rings. The standard InChI is InChI=1S/C14H14F3NO4/c15-14(16,17)7-18-6-10-4-11(19)2-1-8(10)3-9(13(18)22)5-12(20)21/h1-2,4,9,19H,3,5-7H2,(H,20,21). The van der Waals surface area contributed by atoms with Crippen molar-refractivity contribution < 1.29 is 33.0 Å². The highest BCUT2D eigenvalue weighted by atomic mass is 19.4. The molecule has 1 aliphatic heterocycles. The van der Waals surface area contributed by atoms with Crippen molar-refractivity contribution in [3.63, 3.8) is 0 Å². The molecule has 120 valence electrons. The van der Waals surface area contributed by atoms with Crippen LogP contribution in [0.2, 0.25) is 0 Å². The van der Waals surface area contributed by atoms with Crippen LogP contribution >= 0.6 is 0 Å². The topological polar surface area (TPSA) is 77.8 Å². The van der Waals surface area contributed by atoms with Gasteiger partial charge in [-0.05, 0) is 29.7 Å². The monoisotopic (exact) mass is 317 g/mol. The number of carbonyl (C=O) groups excluding carboxylic acids is 1. The van der Waals surface area contributed by atoms with Gasteiger partial charge in [0.1, 0.15) is 12.3 Å². The number of halogens is 3. The Morgan fingerprint density at radius 2 is 2.00 bits per heavy atom. The van der Waals surface area contributed by atoms with Crippen molar-refractivity contribution in [3.8, 4) is 5.75 Å². The van der Waals surface area contributed by atoms with Crippen molar-refractivity contribution in [1.29, 1.82) is 0 Å². The van der Waals surface area contributed by atoms with Crippen molar-refractivity contribution in [2.75, 3.05) is 6.54 Å². The summed E-state index contributed by atoms with van der Waals surface area (Å²) in [5.74, 6) is -3.25. The number of phenolic OH excluding ortho intramolecular Hbond substituents is 1. The number of hydrogen-bond acceptors (Lipinski definition) is 3. The van der Waals surface area contributed by atoms with Gasteiger partial charge in [0.2, 0.25) is 5.91 Å². The van der Waals surface area contributed by atoms with Crippen LogP contribution in [-0.4, -0.2) is 39.7 Å². The molecular weight excluding hydrogens is 303 g/mol. The van der Waals surface area contributed by atoms with E-state index in [1.54, 1.807) is 0 Å². The average molecular weight is 317 g/mol. The Morgan fingerprint density at radius 3 is 2.59 bits per heavy atom. The molecule has 0 spiro atoms. The van der Waals surface area contributed by atoms with Crippen LogP contribution in [0, 0.1) is 5.92 Å². The largest absolute Gasteiger partial charge is 0.508 e. The van der Waals surface area contributed by atoms with Crippen molar-refractivity contribution in [1.82, 2.24) is 4.90 Å². The molecule has 0 saturated carbocycles. The minimum atomic E-state index is -4.58. The summed E-state index contributed by atoms with van der Waals surface area (Å²) < 4.78 is 37.9. The summed E-state index contributed by atoms with van der Waals surface area (Å²) in [5, 5.41) is 18.3. The van der Waals surface area contributed by atoms with Crippen molar-refractivity contribution in [2.24, 2.45) is 5.92 Å². The normalized spacial score (nSPS) is 18.8. The molecule has 1 aliphatic rings. The molecule has 0 saturated heterocycles. The van der Waals surface area contributed by atoms with Gasteiger partial charge in [-0.2, -0.15) is 13.2 Å². The number of fused-ring (bicyclic) bond motifs is 1. The SMILES string of the molecule is O=C(O)CC1Cc2ccc(O)cc2CN(CC(F)(F)F)C1=O. The first kappa shape index (κ1) is 16.1. The lowest BCUT2D eigenvalue weighted by Crippen LogP contribution is -2.41. The minimum absolute atomic E-state index is 0.0368. The number of hydrogen-bond donors (Lipinski definition) is 2. The number of rotatable bonds is 3. The van der Waals surface area contributed by atoms with Gasteiger partial charge in [0.15, 0.2) is 0 Å². The molecule has 1 atom stereocenters. The van der Waals surface area contributed by atoms with E-state index < -0.39 is 36.9 Å². The van der Waals surface area contributed by atoms with Gasteiger partial charge in [-0.15, -0.1) is 0 Å². The summed E-state index contributed by atoms with van der Waals surface area (Å²) >= 11 is 0. The molecule has 1 heterocycles. The predicted octanol–water partition coefficient (Wildman–Crippen LogP) is 1.93. The molecule has 2 rings (SSSR count). The van der Waals surface area contributed by atoms with Crippen LogP contribution in [0.5, 0.6) is 5.75 Å². The zero-order chi connectivity index (χ0) is 16.5. The number of aliphatic carboxylic acids is 1. The summed E-state index contributed by atoms with van der Waals surface area (Å²) in [6.07, 6.45) is -5.08. The number of nitrogens with zero attached hydrogens (tertiary/aromatic N) is 1. The molecule has 1 unspecified atom stereocenters. The quantitative estimate of drug-likeness (QED) is 0.893. The fourth-order valence-corrected chi connectivity index (χ4v) is 2.57. The number of phenols is 1. The van der Waals surface area contributed by atoms with Crippen molar-refractivity contribution >= 4 is 11.9 Å². The Labute approximate surface area is 124 Å². The fourth-order valence-electron chi connectivity index (χ4n) is 2.57. The molecule has 0 aliphatic carbocycles. The molecule has 8 heteroatoms. The summed E-state index contributed by atoms with van der Waals surface area (Å²) in [4.78, 5) is 23.7. The fraction of sp³-hybridized carbons (Fsp3) is 0.429. The molecule has 2 N–H and O–H groups in total. The number of carbonyl (C=O) groups is 2. The number of alkyl halides is 3. The van der Waals surface area contributed by atoms with E-state index in [0.717, 1.165) is 0 Å². The first-order valence-electron chi connectivity index (χ1n) is 6.54. The molecular formula is C14H14F3NO4. The van der Waals surface area contributed by atoms with Crippen LogP contribution in [0.3, 0.4) is 0 Å². The first-order valence-corrected chi connectivity index (χ1v) is 6.54. The second-order valence-corrected chi connectivity index (χ2v) is 5.26. The Kier molecular flexibility index (Phi) is 4.30. The first-order chi connectivity index (χ1) is 10.2. The average Bonchev–Trinajstić information content (AvgIpc) is 2.47. The zero-order valence-electron chi connectivity index (χ0n) is 11.4. The van der Waals surface area contributed by atoms with E-state index in [-0.39, 0.29) is 18.7 Å². The van der Waals surface area contributed by atoms with E-state index in [1.807, 2.05) is 0 Å². The van der Waals surface area contributed by atoms with E-state index in [9.17, 15) is 27.9 Å². The third-order valence-corrected chi connectivity index (χ3v) is 3.47. The van der Waals surface area contributed by atoms with E-state index >= 15 is 0 Å². The molecule has 22 heavy (non-hydrogen) atoms. The highest BCUT2D eigenvalue weighted by molar-refractivity contribution is 5.84. The maximum atomic E-state index is 12.6. The van der Waals surface area contributed by atoms with Gasteiger partial charge in [-0.25, -0.2) is 0 Å². The van der Waals surface area contributed by atoms with Gasteiger partial charge < -0.3 is 15.1 Å². The number of benzene rings is 1. The van der Waals surface area contributed by atoms with Gasteiger partial charge >= 0.3 is 12.1 Å². The van der Waals surface area contributed by atoms with E-state index in [2.05, 4.69) is 0 Å². The number of carboxylic acids is 1. The molecule has 0 aromatic heterocycles. The zero-order valence-corrected chi connectivity index (χ0v) is 11.4. The van der Waals surface area contributed by atoms with Gasteiger partial charge in [0, 0.05) is 6.54 Å². The smallest absolute Gasteiger partial charge is 0.406 e. The van der Waals surface area contributed by atoms with Gasteiger partial charge in [0.25, 0.3) is 0 Å². The Bertz CT molecular complexity index is 600. The van der Waals surface area contributed by atoms with Gasteiger partial charge in [-0.1, -0.05) is 6.07 Å². The number of aromatic hydroxyl groups is 1. The maximum absolute atomic E-state index is 12.6. The highest BCUT2D eigenvalue weighted by Gasteiger charge is 2.38. The van der Waals surface area contributed by atoms with Crippen LogP contribution in [0.15, 0.2) is 18.2 Å². The van der Waals surface area contributed by atoms with Crippen LogP contribution in [0.4, 0.5) is 13.2 Å². The minimum Gasteiger partial charge on any atom is -0.508 e. The lowest BCUT2D eigenvalue weighted by atomic mass is 9.94. The lowest BCUT2D eigenvalue weighted by Gasteiger charge is -2.25. The van der Waals surface area contributed by atoms with Crippen molar-refractivity contribution in [2.45, 2.75) is 25.6 Å². The second-order valence-electron chi connectivity index (χ2n) is 5.26. The van der Waals surface area contributed by atoms with E-state index in [0.29, 0.717) is 16.0 Å². The van der Waals surface area contributed by atoms with Gasteiger partial charge in [-0.3, -0.25) is 9.59 Å². The maximum Gasteiger partial charge on any atom is 0.406 e. The van der Waals surface area contributed by atoms with Crippen LogP contribution in [-0.2, 0) is 22.6 Å². The molecule has 0 radical (unpaired) electrons. The van der Waals surface area contributed by atoms with Crippen LogP contribution in [0.25, 0.3) is 0 Å². The molecule has 1 amide bonds. The summed E-state index contributed by atoms with van der Waals surface area (Å²) in [5.41, 5.74) is 0.965. The third-order valence-electron chi connectivity index (χ3n) is 3.47. The predicted molar refractivity (Wildman–Crippen MR) is 69.0 cm³/mol. The van der Waals surface area contributed by atoms with E-state index in [4.69, 9.17) is 5.11 Å². The molecule has 1 aromatic carbocycles. The Morgan fingerprint density at radius 1 is 1.32 bits per heavy atom. The highest BCUT2D eigenvalue weighted by Crippen LogP contribution is 2.29. The lowest BCUT2D eigenvalue weighted by molar-refractivity contribution is -0.165. The van der Waals surface area contributed by atoms with E-state index in [1.165, 1.54) is 18.2 Å².